The summed E-state index contributed by atoms with van der Waals surface area (Å²) in [4.78, 5) is 29.1. The Kier molecular flexibility index (Phi) is 3.25. The molecule has 0 radical (unpaired) electrons. The van der Waals surface area contributed by atoms with Gasteiger partial charge in [0.05, 0.1) is 0 Å². The first kappa shape index (κ1) is 13.8. The van der Waals surface area contributed by atoms with Gasteiger partial charge in [-0.2, -0.15) is 0 Å². The molecule has 21 heavy (non-hydrogen) atoms. The topological polar surface area (TPSA) is 96.0 Å². The molecule has 0 aliphatic carbocycles. The molecule has 0 bridgehead atoms. The van der Waals surface area contributed by atoms with Crippen molar-refractivity contribution in [3.05, 3.63) is 34.9 Å². The molecule has 2 heterocycles. The molecule has 1 aromatic rings. The fourth-order valence-corrected chi connectivity index (χ4v) is 3.01. The summed E-state index contributed by atoms with van der Waals surface area (Å²) < 4.78 is 0. The molecule has 3 rings (SSSR count). The van der Waals surface area contributed by atoms with Crippen molar-refractivity contribution in [1.82, 2.24) is 4.90 Å². The summed E-state index contributed by atoms with van der Waals surface area (Å²) in [5.41, 5.74) is 7.28. The van der Waals surface area contributed by atoms with E-state index in [0.717, 1.165) is 22.4 Å². The third-order valence-corrected chi connectivity index (χ3v) is 4.19. The van der Waals surface area contributed by atoms with Gasteiger partial charge in [0.1, 0.15) is 0 Å². The zero-order valence-electron chi connectivity index (χ0n) is 11.6. The van der Waals surface area contributed by atoms with Gasteiger partial charge < -0.3 is 5.11 Å². The van der Waals surface area contributed by atoms with E-state index in [1.165, 1.54) is 0 Å². The number of carbonyl (C=O) groups excluding carboxylic acids is 1. The lowest BCUT2D eigenvalue weighted by Gasteiger charge is -2.41. The van der Waals surface area contributed by atoms with E-state index in [2.05, 4.69) is 4.99 Å². The number of hydrogen-bond donors (Lipinski definition) is 2. The Balaban J connectivity index is 2.09. The van der Waals surface area contributed by atoms with E-state index in [1.807, 2.05) is 12.1 Å². The smallest absolute Gasteiger partial charge is 0.409 e. The number of piperidine rings is 1. The lowest BCUT2D eigenvalue weighted by Crippen LogP contribution is -2.63. The molecule has 6 nitrogen and oxygen atoms in total. The van der Waals surface area contributed by atoms with Crippen LogP contribution in [0.3, 0.4) is 0 Å². The van der Waals surface area contributed by atoms with E-state index in [9.17, 15) is 14.7 Å². The second-order valence-corrected chi connectivity index (χ2v) is 5.43. The number of carbonyl (C=O) groups is 2. The number of nitrogens with zero attached hydrogens (tertiary/aromatic N) is 2. The maximum atomic E-state index is 12.3. The maximum Gasteiger partial charge on any atom is 0.409 e. The van der Waals surface area contributed by atoms with E-state index in [1.54, 1.807) is 12.3 Å². The van der Waals surface area contributed by atoms with Crippen molar-refractivity contribution in [1.29, 1.82) is 0 Å². The van der Waals surface area contributed by atoms with Crippen LogP contribution in [-0.4, -0.2) is 41.2 Å². The van der Waals surface area contributed by atoms with Crippen molar-refractivity contribution in [3.8, 4) is 0 Å². The number of fused-ring (bicyclic) bond motifs is 1. The molecule has 1 amide bonds. The van der Waals surface area contributed by atoms with Crippen LogP contribution in [0.2, 0.25) is 0 Å². The zero-order chi connectivity index (χ0) is 15.0. The molecule has 1 saturated heterocycles. The summed E-state index contributed by atoms with van der Waals surface area (Å²) in [7, 11) is 0. The van der Waals surface area contributed by atoms with Crippen molar-refractivity contribution in [2.45, 2.75) is 24.9 Å². The molecule has 6 heteroatoms. The van der Waals surface area contributed by atoms with Crippen LogP contribution < -0.4 is 5.73 Å². The highest BCUT2D eigenvalue weighted by molar-refractivity contribution is 5.93. The molecule has 1 unspecified atom stereocenters. The Morgan fingerprint density at radius 1 is 1.38 bits per heavy atom. The van der Waals surface area contributed by atoms with Crippen LogP contribution in [0, 0.1) is 0 Å². The van der Waals surface area contributed by atoms with Gasteiger partial charge in [0.15, 0.2) is 11.4 Å². The minimum Gasteiger partial charge on any atom is -0.465 e. The fraction of sp³-hybridized carbons (Fsp3) is 0.400. The lowest BCUT2D eigenvalue weighted by atomic mass is 9.85. The van der Waals surface area contributed by atoms with Crippen molar-refractivity contribution in [2.75, 3.05) is 13.1 Å². The van der Waals surface area contributed by atoms with Crippen LogP contribution in [0.4, 0.5) is 4.79 Å². The number of aliphatic imine (C=N–C) groups is 1. The predicted molar refractivity (Wildman–Crippen MR) is 77.4 cm³/mol. The van der Waals surface area contributed by atoms with Gasteiger partial charge in [0, 0.05) is 31.3 Å². The molecular weight excluding hydrogens is 270 g/mol. The molecule has 3 N–H and O–H groups in total. The van der Waals surface area contributed by atoms with Crippen LogP contribution in [0.5, 0.6) is 0 Å². The summed E-state index contributed by atoms with van der Waals surface area (Å²) in [6, 6.07) is 5.43. The van der Waals surface area contributed by atoms with Gasteiger partial charge in [0.2, 0.25) is 0 Å². The molecule has 0 spiro atoms. The predicted octanol–water partition coefficient (Wildman–Crippen LogP) is 1.12. The molecule has 1 atom stereocenters. The van der Waals surface area contributed by atoms with Gasteiger partial charge in [-0.1, -0.05) is 18.2 Å². The van der Waals surface area contributed by atoms with Gasteiger partial charge in [-0.15, -0.1) is 0 Å². The summed E-state index contributed by atoms with van der Waals surface area (Å²) in [6.45, 7) is 0.973. The Hall–Kier alpha value is -2.21. The average Bonchev–Trinajstić information content (AvgIpc) is 2.49. The Bertz CT molecular complexity index is 641. The maximum absolute atomic E-state index is 12.3. The average molecular weight is 287 g/mol. The number of likely N-dealkylation sites (tertiary alicyclic amines) is 1. The highest BCUT2D eigenvalue weighted by Gasteiger charge is 2.46. The largest absolute Gasteiger partial charge is 0.465 e. The van der Waals surface area contributed by atoms with Gasteiger partial charge in [-0.3, -0.25) is 20.4 Å². The molecule has 0 aromatic heterocycles. The van der Waals surface area contributed by atoms with E-state index in [0.29, 0.717) is 24.9 Å². The summed E-state index contributed by atoms with van der Waals surface area (Å²) >= 11 is 0. The number of amides is 1. The van der Waals surface area contributed by atoms with Crippen molar-refractivity contribution in [2.24, 2.45) is 10.7 Å². The summed E-state index contributed by atoms with van der Waals surface area (Å²) in [5.74, 6) is -0.249. The molecule has 2 aliphatic heterocycles. The van der Waals surface area contributed by atoms with Gasteiger partial charge in [-0.05, 0) is 24.0 Å². The Labute approximate surface area is 122 Å². The van der Waals surface area contributed by atoms with E-state index < -0.39 is 11.8 Å². The summed E-state index contributed by atoms with van der Waals surface area (Å²) in [6.07, 6.45) is 2.23. The normalized spacial score (nSPS) is 24.8. The number of ketones is 1. The van der Waals surface area contributed by atoms with E-state index in [4.69, 9.17) is 5.73 Å². The first-order chi connectivity index (χ1) is 10.0. The second-order valence-electron chi connectivity index (χ2n) is 5.43. The molecule has 110 valence electrons. The van der Waals surface area contributed by atoms with Crippen molar-refractivity contribution >= 4 is 18.1 Å². The SMILES string of the molecule is NC1(c2ccc3c(c2)CCN=C3)C(=O)CCCN1C(=O)O. The minimum absolute atomic E-state index is 0.249. The minimum atomic E-state index is -1.58. The van der Waals surface area contributed by atoms with Crippen LogP contribution in [0.25, 0.3) is 0 Å². The molecule has 1 fully saturated rings. The highest BCUT2D eigenvalue weighted by atomic mass is 16.4. The quantitative estimate of drug-likeness (QED) is 0.809. The molecule has 2 aliphatic rings. The standard InChI is InChI=1S/C15H17N3O3/c16-15(13(19)2-1-7-18(15)14(20)21)12-4-3-11-9-17-6-5-10(11)8-12/h3-4,8-9H,1-2,5-7,16H2,(H,20,21). The highest BCUT2D eigenvalue weighted by Crippen LogP contribution is 2.32. The first-order valence-corrected chi connectivity index (χ1v) is 6.99. The van der Waals surface area contributed by atoms with Gasteiger partial charge in [0.25, 0.3) is 0 Å². The number of carboxylic acid groups (broad SMARTS) is 1. The monoisotopic (exact) mass is 287 g/mol. The fourth-order valence-electron chi connectivity index (χ4n) is 3.01. The number of Topliss-reactive ketones (excluding diaryl/α,β-unsaturated/α-hetero) is 1. The van der Waals surface area contributed by atoms with Crippen molar-refractivity contribution in [3.63, 3.8) is 0 Å². The van der Waals surface area contributed by atoms with Crippen molar-refractivity contribution < 1.29 is 14.7 Å². The van der Waals surface area contributed by atoms with Gasteiger partial charge in [-0.25, -0.2) is 4.79 Å². The summed E-state index contributed by atoms with van der Waals surface area (Å²) in [5, 5.41) is 9.36. The Morgan fingerprint density at radius 3 is 2.95 bits per heavy atom. The Morgan fingerprint density at radius 2 is 2.19 bits per heavy atom. The first-order valence-electron chi connectivity index (χ1n) is 6.99. The number of benzene rings is 1. The third-order valence-electron chi connectivity index (χ3n) is 4.19. The zero-order valence-corrected chi connectivity index (χ0v) is 11.6. The van der Waals surface area contributed by atoms with Crippen LogP contribution in [0.1, 0.15) is 29.5 Å². The number of nitrogens with two attached hydrogens (primary N) is 1. The van der Waals surface area contributed by atoms with E-state index >= 15 is 0 Å². The lowest BCUT2D eigenvalue weighted by molar-refractivity contribution is -0.134. The third kappa shape index (κ3) is 2.12. The van der Waals surface area contributed by atoms with Crippen LogP contribution in [-0.2, 0) is 16.9 Å². The van der Waals surface area contributed by atoms with Crippen LogP contribution in [0.15, 0.2) is 23.2 Å². The number of rotatable bonds is 1. The molecule has 0 saturated carbocycles. The van der Waals surface area contributed by atoms with Gasteiger partial charge >= 0.3 is 6.09 Å². The molecular formula is C15H17N3O3. The molecule has 1 aromatic carbocycles. The van der Waals surface area contributed by atoms with Crippen LogP contribution >= 0.6 is 0 Å². The second kappa shape index (κ2) is 4.96. The van der Waals surface area contributed by atoms with E-state index in [-0.39, 0.29) is 12.3 Å². The number of hydrogen-bond acceptors (Lipinski definition) is 4.